The number of hydrogen-bond acceptors (Lipinski definition) is 2. The van der Waals surface area contributed by atoms with Gasteiger partial charge in [-0.1, -0.05) is 6.07 Å². The number of rotatable bonds is 4. The Labute approximate surface area is 150 Å². The maximum atomic E-state index is 13.4. The van der Waals surface area contributed by atoms with E-state index in [0.717, 1.165) is 33.8 Å². The smallest absolute Gasteiger partial charge is 0.256 e. The van der Waals surface area contributed by atoms with E-state index < -0.39 is 0 Å². The lowest BCUT2D eigenvalue weighted by atomic mass is 10.0. The van der Waals surface area contributed by atoms with Crippen LogP contribution in [0.1, 0.15) is 22.4 Å². The van der Waals surface area contributed by atoms with E-state index >= 15 is 0 Å². The first-order chi connectivity index (χ1) is 12.6. The van der Waals surface area contributed by atoms with E-state index in [-0.39, 0.29) is 11.7 Å². The standard InChI is InChI=1S/C21H18FN3O/c1-13-4-5-15(22)9-14(13)12-24-17-6-7-20-18(10-17)19(21(26)25-20)11-16-3-2-8-23-16/h2-11,23-24H,12H2,1H3,(H,25,26). The molecule has 1 aliphatic heterocycles. The Morgan fingerprint density at radius 3 is 2.85 bits per heavy atom. The Hall–Kier alpha value is -3.34. The molecule has 130 valence electrons. The van der Waals surface area contributed by atoms with Gasteiger partial charge >= 0.3 is 0 Å². The molecular formula is C21H18FN3O. The molecule has 3 N–H and O–H groups in total. The van der Waals surface area contributed by atoms with Gasteiger partial charge in [-0.25, -0.2) is 4.39 Å². The molecule has 0 saturated carbocycles. The summed E-state index contributed by atoms with van der Waals surface area (Å²) >= 11 is 0. The molecular weight excluding hydrogens is 329 g/mol. The molecule has 5 heteroatoms. The number of anilines is 2. The van der Waals surface area contributed by atoms with E-state index in [9.17, 15) is 9.18 Å². The van der Waals surface area contributed by atoms with Crippen molar-refractivity contribution in [2.45, 2.75) is 13.5 Å². The lowest BCUT2D eigenvalue weighted by Gasteiger charge is -2.10. The normalized spacial score (nSPS) is 14.4. The molecule has 4 nitrogen and oxygen atoms in total. The van der Waals surface area contributed by atoms with Crippen LogP contribution in [0.25, 0.3) is 11.6 Å². The van der Waals surface area contributed by atoms with Crippen LogP contribution < -0.4 is 10.6 Å². The van der Waals surface area contributed by atoms with Gasteiger partial charge < -0.3 is 15.6 Å². The first-order valence-corrected chi connectivity index (χ1v) is 8.40. The van der Waals surface area contributed by atoms with Crippen molar-refractivity contribution in [3.63, 3.8) is 0 Å². The second kappa shape index (κ2) is 6.52. The summed E-state index contributed by atoms with van der Waals surface area (Å²) in [4.78, 5) is 15.4. The molecule has 1 aliphatic rings. The van der Waals surface area contributed by atoms with Gasteiger partial charge in [-0.3, -0.25) is 4.79 Å². The number of aromatic nitrogens is 1. The van der Waals surface area contributed by atoms with Gasteiger partial charge in [0.05, 0.1) is 5.57 Å². The van der Waals surface area contributed by atoms with Gasteiger partial charge in [0.1, 0.15) is 5.82 Å². The van der Waals surface area contributed by atoms with Crippen LogP contribution in [-0.2, 0) is 11.3 Å². The van der Waals surface area contributed by atoms with E-state index in [1.54, 1.807) is 6.07 Å². The Kier molecular flexibility index (Phi) is 4.05. The Balaban J connectivity index is 1.60. The van der Waals surface area contributed by atoms with Crippen LogP contribution in [0.3, 0.4) is 0 Å². The molecule has 0 fully saturated rings. The molecule has 0 saturated heterocycles. The van der Waals surface area contributed by atoms with Gasteiger partial charge in [-0.2, -0.15) is 0 Å². The molecule has 0 atom stereocenters. The third-order valence-electron chi connectivity index (χ3n) is 4.52. The largest absolute Gasteiger partial charge is 0.381 e. The van der Waals surface area contributed by atoms with Crippen molar-refractivity contribution < 1.29 is 9.18 Å². The fraction of sp³-hybridized carbons (Fsp3) is 0.0952. The van der Waals surface area contributed by atoms with Crippen LogP contribution in [-0.4, -0.2) is 10.9 Å². The molecule has 2 aromatic carbocycles. The second-order valence-corrected chi connectivity index (χ2v) is 6.32. The van der Waals surface area contributed by atoms with Crippen LogP contribution in [0.4, 0.5) is 15.8 Å². The summed E-state index contributed by atoms with van der Waals surface area (Å²) in [6.45, 7) is 2.47. The number of amides is 1. The van der Waals surface area contributed by atoms with Gasteiger partial charge in [0.15, 0.2) is 0 Å². The number of hydrogen-bond donors (Lipinski definition) is 3. The van der Waals surface area contributed by atoms with Crippen molar-refractivity contribution >= 4 is 28.9 Å². The summed E-state index contributed by atoms with van der Waals surface area (Å²) in [7, 11) is 0. The average Bonchev–Trinajstić information content (AvgIpc) is 3.24. The van der Waals surface area contributed by atoms with E-state index in [1.807, 2.05) is 49.5 Å². The van der Waals surface area contributed by atoms with Crippen LogP contribution in [0.5, 0.6) is 0 Å². The quantitative estimate of drug-likeness (QED) is 0.606. The summed E-state index contributed by atoms with van der Waals surface area (Å²) in [5, 5.41) is 6.19. The Bertz CT molecular complexity index is 1010. The lowest BCUT2D eigenvalue weighted by Crippen LogP contribution is -2.03. The summed E-state index contributed by atoms with van der Waals surface area (Å²) in [6.07, 6.45) is 3.65. The topological polar surface area (TPSA) is 56.9 Å². The highest BCUT2D eigenvalue weighted by molar-refractivity contribution is 6.35. The monoisotopic (exact) mass is 347 g/mol. The molecule has 1 aromatic heterocycles. The highest BCUT2D eigenvalue weighted by Gasteiger charge is 2.24. The number of benzene rings is 2. The maximum Gasteiger partial charge on any atom is 0.256 e. The predicted molar refractivity (Wildman–Crippen MR) is 102 cm³/mol. The molecule has 0 unspecified atom stereocenters. The van der Waals surface area contributed by atoms with E-state index in [4.69, 9.17) is 0 Å². The number of nitrogens with one attached hydrogen (secondary N) is 3. The highest BCUT2D eigenvalue weighted by atomic mass is 19.1. The molecule has 1 amide bonds. The maximum absolute atomic E-state index is 13.4. The number of carbonyl (C=O) groups is 1. The van der Waals surface area contributed by atoms with Crippen LogP contribution in [0.2, 0.25) is 0 Å². The minimum absolute atomic E-state index is 0.118. The summed E-state index contributed by atoms with van der Waals surface area (Å²) in [6, 6.07) is 14.3. The zero-order valence-corrected chi connectivity index (χ0v) is 14.3. The van der Waals surface area contributed by atoms with Crippen molar-refractivity contribution in [3.8, 4) is 0 Å². The number of aryl methyl sites for hydroxylation is 1. The Morgan fingerprint density at radius 1 is 1.15 bits per heavy atom. The molecule has 0 radical (unpaired) electrons. The first kappa shape index (κ1) is 16.1. The van der Waals surface area contributed by atoms with Gasteiger partial charge in [-0.15, -0.1) is 0 Å². The molecule has 4 rings (SSSR count). The van der Waals surface area contributed by atoms with E-state index in [0.29, 0.717) is 12.1 Å². The van der Waals surface area contributed by atoms with Crippen molar-refractivity contribution in [1.29, 1.82) is 0 Å². The number of carbonyl (C=O) groups excluding carboxylic acids is 1. The zero-order valence-electron chi connectivity index (χ0n) is 14.3. The van der Waals surface area contributed by atoms with Crippen molar-refractivity contribution in [3.05, 3.63) is 82.9 Å². The summed E-state index contributed by atoms with van der Waals surface area (Å²) in [5.41, 5.74) is 5.95. The first-order valence-electron chi connectivity index (χ1n) is 8.40. The van der Waals surface area contributed by atoms with Crippen molar-refractivity contribution in [2.75, 3.05) is 10.6 Å². The van der Waals surface area contributed by atoms with Gasteiger partial charge in [-0.05, 0) is 66.6 Å². The minimum atomic E-state index is -0.243. The van der Waals surface area contributed by atoms with Gasteiger partial charge in [0.25, 0.3) is 5.91 Å². The SMILES string of the molecule is Cc1ccc(F)cc1CNc1ccc2c(c1)C(=Cc1ccc[nH]1)C(=O)N2. The number of H-pyrrole nitrogens is 1. The third-order valence-corrected chi connectivity index (χ3v) is 4.52. The van der Waals surface area contributed by atoms with Crippen LogP contribution in [0.15, 0.2) is 54.7 Å². The van der Waals surface area contributed by atoms with Crippen LogP contribution in [0, 0.1) is 12.7 Å². The average molecular weight is 347 g/mol. The Morgan fingerprint density at radius 2 is 2.04 bits per heavy atom. The molecule has 0 aliphatic carbocycles. The minimum Gasteiger partial charge on any atom is -0.381 e. The van der Waals surface area contributed by atoms with Crippen LogP contribution >= 0.6 is 0 Å². The lowest BCUT2D eigenvalue weighted by molar-refractivity contribution is -0.110. The van der Waals surface area contributed by atoms with Crippen molar-refractivity contribution in [1.82, 2.24) is 4.98 Å². The van der Waals surface area contributed by atoms with E-state index in [2.05, 4.69) is 15.6 Å². The van der Waals surface area contributed by atoms with Crippen molar-refractivity contribution in [2.24, 2.45) is 0 Å². The summed E-state index contributed by atoms with van der Waals surface area (Å²) in [5.74, 6) is -0.361. The number of fused-ring (bicyclic) bond motifs is 1. The molecule has 0 bridgehead atoms. The number of aromatic amines is 1. The van der Waals surface area contributed by atoms with E-state index in [1.165, 1.54) is 12.1 Å². The molecule has 26 heavy (non-hydrogen) atoms. The zero-order chi connectivity index (χ0) is 18.1. The second-order valence-electron chi connectivity index (χ2n) is 6.32. The predicted octanol–water partition coefficient (Wildman–Crippen LogP) is 4.57. The molecule has 2 heterocycles. The fourth-order valence-electron chi connectivity index (χ4n) is 3.06. The highest BCUT2D eigenvalue weighted by Crippen LogP contribution is 2.35. The molecule has 0 spiro atoms. The van der Waals surface area contributed by atoms with Gasteiger partial charge in [0, 0.05) is 35.4 Å². The third kappa shape index (κ3) is 3.11. The fourth-order valence-corrected chi connectivity index (χ4v) is 3.06. The number of halogens is 1. The summed E-state index contributed by atoms with van der Waals surface area (Å²) < 4.78 is 13.4. The molecule has 3 aromatic rings. The van der Waals surface area contributed by atoms with Gasteiger partial charge in [0.2, 0.25) is 0 Å².